The minimum absolute atomic E-state index is 0.0512. The summed E-state index contributed by atoms with van der Waals surface area (Å²) in [6, 6.07) is 9.67. The zero-order valence-corrected chi connectivity index (χ0v) is 15.5. The predicted molar refractivity (Wildman–Crippen MR) is 101 cm³/mol. The van der Waals surface area contributed by atoms with E-state index in [1.807, 2.05) is 51.1 Å². The lowest BCUT2D eigenvalue weighted by atomic mass is 10.1. The molecule has 1 amide bonds. The summed E-state index contributed by atoms with van der Waals surface area (Å²) in [4.78, 5) is 16.6. The van der Waals surface area contributed by atoms with Crippen LogP contribution in [0.2, 0.25) is 0 Å². The van der Waals surface area contributed by atoms with E-state index in [0.717, 1.165) is 38.4 Å². The third-order valence-corrected chi connectivity index (χ3v) is 5.00. The third kappa shape index (κ3) is 3.74. The van der Waals surface area contributed by atoms with Gasteiger partial charge < -0.3 is 9.47 Å². The maximum absolute atomic E-state index is 12.2. The Hall–Kier alpha value is -2.60. The second-order valence-electron chi connectivity index (χ2n) is 5.84. The van der Waals surface area contributed by atoms with Crippen LogP contribution in [-0.4, -0.2) is 24.6 Å². The van der Waals surface area contributed by atoms with Crippen molar-refractivity contribution in [1.82, 2.24) is 4.98 Å². The molecule has 5 nitrogen and oxygen atoms in total. The zero-order chi connectivity index (χ0) is 18.0. The maximum atomic E-state index is 12.2. The fraction of sp³-hybridized carbons (Fsp3) is 0.263. The number of thiazole rings is 1. The summed E-state index contributed by atoms with van der Waals surface area (Å²) in [6.07, 6.45) is 0. The molecule has 1 N–H and O–H groups in total. The van der Waals surface area contributed by atoms with Crippen LogP contribution in [0.15, 0.2) is 30.3 Å². The standard InChI is InChI=1S/C19H20N2O3S/c1-11-5-6-12(2)18(13(11)3)24-10-17(22)21-19-20-15-8-7-14(23-4)9-16(15)25-19/h5-9H,10H2,1-4H3,(H,20,21,22). The van der Waals surface area contributed by atoms with Crippen molar-refractivity contribution in [2.45, 2.75) is 20.8 Å². The molecule has 2 aromatic carbocycles. The van der Waals surface area contributed by atoms with E-state index in [1.54, 1.807) is 7.11 Å². The van der Waals surface area contributed by atoms with E-state index in [1.165, 1.54) is 11.3 Å². The lowest BCUT2D eigenvalue weighted by molar-refractivity contribution is -0.118. The number of carbonyl (C=O) groups is 1. The number of carbonyl (C=O) groups excluding carboxylic acids is 1. The van der Waals surface area contributed by atoms with Crippen molar-refractivity contribution in [2.75, 3.05) is 19.0 Å². The van der Waals surface area contributed by atoms with Gasteiger partial charge in [0.05, 0.1) is 17.3 Å². The summed E-state index contributed by atoms with van der Waals surface area (Å²) in [6.45, 7) is 5.94. The molecule has 0 atom stereocenters. The van der Waals surface area contributed by atoms with Gasteiger partial charge in [0.2, 0.25) is 0 Å². The molecular weight excluding hydrogens is 336 g/mol. The van der Waals surface area contributed by atoms with Crippen LogP contribution in [0.4, 0.5) is 5.13 Å². The summed E-state index contributed by atoms with van der Waals surface area (Å²) < 4.78 is 11.9. The largest absolute Gasteiger partial charge is 0.497 e. The van der Waals surface area contributed by atoms with Crippen LogP contribution in [0.1, 0.15) is 16.7 Å². The minimum atomic E-state index is -0.230. The Morgan fingerprint density at radius 3 is 2.68 bits per heavy atom. The number of ether oxygens (including phenoxy) is 2. The number of amides is 1. The lowest BCUT2D eigenvalue weighted by Gasteiger charge is -2.13. The molecule has 0 aliphatic carbocycles. The van der Waals surface area contributed by atoms with Crippen LogP contribution >= 0.6 is 11.3 Å². The van der Waals surface area contributed by atoms with Gasteiger partial charge in [0.1, 0.15) is 11.5 Å². The van der Waals surface area contributed by atoms with E-state index in [-0.39, 0.29) is 12.5 Å². The first-order valence-electron chi connectivity index (χ1n) is 7.92. The van der Waals surface area contributed by atoms with Gasteiger partial charge in [-0.05, 0) is 55.7 Å². The summed E-state index contributed by atoms with van der Waals surface area (Å²) in [5, 5.41) is 3.35. The van der Waals surface area contributed by atoms with Gasteiger partial charge in [-0.25, -0.2) is 4.98 Å². The number of nitrogens with one attached hydrogen (secondary N) is 1. The number of hydrogen-bond donors (Lipinski definition) is 1. The van der Waals surface area contributed by atoms with E-state index in [9.17, 15) is 4.79 Å². The Morgan fingerprint density at radius 1 is 1.16 bits per heavy atom. The van der Waals surface area contributed by atoms with Gasteiger partial charge in [0.25, 0.3) is 5.91 Å². The maximum Gasteiger partial charge on any atom is 0.264 e. The quantitative estimate of drug-likeness (QED) is 0.742. The summed E-state index contributed by atoms with van der Waals surface area (Å²) in [5.41, 5.74) is 4.04. The van der Waals surface area contributed by atoms with Gasteiger partial charge in [-0.2, -0.15) is 0 Å². The highest BCUT2D eigenvalue weighted by Gasteiger charge is 2.12. The summed E-state index contributed by atoms with van der Waals surface area (Å²) in [5.74, 6) is 1.30. The van der Waals surface area contributed by atoms with Crippen molar-refractivity contribution in [2.24, 2.45) is 0 Å². The van der Waals surface area contributed by atoms with E-state index in [0.29, 0.717) is 5.13 Å². The first-order valence-corrected chi connectivity index (χ1v) is 8.73. The number of fused-ring (bicyclic) bond motifs is 1. The average molecular weight is 356 g/mol. The third-order valence-electron chi connectivity index (χ3n) is 4.06. The van der Waals surface area contributed by atoms with Crippen LogP contribution in [0.3, 0.4) is 0 Å². The van der Waals surface area contributed by atoms with Crippen molar-refractivity contribution >= 4 is 32.6 Å². The molecule has 0 saturated heterocycles. The Labute approximate surface area is 150 Å². The topological polar surface area (TPSA) is 60.5 Å². The summed E-state index contributed by atoms with van der Waals surface area (Å²) >= 11 is 1.41. The fourth-order valence-corrected chi connectivity index (χ4v) is 3.44. The molecule has 0 fully saturated rings. The molecule has 0 radical (unpaired) electrons. The number of anilines is 1. The molecule has 0 spiro atoms. The number of benzene rings is 2. The highest BCUT2D eigenvalue weighted by Crippen LogP contribution is 2.29. The smallest absolute Gasteiger partial charge is 0.264 e. The van der Waals surface area contributed by atoms with Gasteiger partial charge in [0.15, 0.2) is 11.7 Å². The molecule has 0 bridgehead atoms. The van der Waals surface area contributed by atoms with Crippen molar-refractivity contribution in [3.05, 3.63) is 47.0 Å². The molecule has 1 heterocycles. The Bertz CT molecular complexity index is 934. The molecular formula is C19H20N2O3S. The summed E-state index contributed by atoms with van der Waals surface area (Å²) in [7, 11) is 1.62. The van der Waals surface area contributed by atoms with Gasteiger partial charge >= 0.3 is 0 Å². The highest BCUT2D eigenvalue weighted by molar-refractivity contribution is 7.22. The molecule has 6 heteroatoms. The van der Waals surface area contributed by atoms with Crippen LogP contribution in [0.5, 0.6) is 11.5 Å². The van der Waals surface area contributed by atoms with Crippen molar-refractivity contribution < 1.29 is 14.3 Å². The van der Waals surface area contributed by atoms with Crippen molar-refractivity contribution in [3.63, 3.8) is 0 Å². The fourth-order valence-electron chi connectivity index (χ4n) is 2.53. The van der Waals surface area contributed by atoms with Crippen LogP contribution in [-0.2, 0) is 4.79 Å². The number of aromatic nitrogens is 1. The predicted octanol–water partition coefficient (Wildman–Crippen LogP) is 4.25. The van der Waals surface area contributed by atoms with Gasteiger partial charge in [0, 0.05) is 0 Å². The second kappa shape index (κ2) is 7.11. The first kappa shape index (κ1) is 17.2. The second-order valence-corrected chi connectivity index (χ2v) is 6.87. The van der Waals surface area contributed by atoms with E-state index >= 15 is 0 Å². The highest BCUT2D eigenvalue weighted by atomic mass is 32.1. The number of aryl methyl sites for hydroxylation is 2. The van der Waals surface area contributed by atoms with Crippen LogP contribution in [0.25, 0.3) is 10.2 Å². The van der Waals surface area contributed by atoms with E-state index in [4.69, 9.17) is 9.47 Å². The Morgan fingerprint density at radius 2 is 1.92 bits per heavy atom. The molecule has 0 unspecified atom stereocenters. The van der Waals surface area contributed by atoms with Gasteiger partial charge in [-0.3, -0.25) is 10.1 Å². The molecule has 0 saturated carbocycles. The van der Waals surface area contributed by atoms with Crippen LogP contribution < -0.4 is 14.8 Å². The first-order chi connectivity index (χ1) is 12.0. The van der Waals surface area contributed by atoms with E-state index < -0.39 is 0 Å². The zero-order valence-electron chi connectivity index (χ0n) is 14.7. The minimum Gasteiger partial charge on any atom is -0.497 e. The number of nitrogens with zero attached hydrogens (tertiary/aromatic N) is 1. The lowest BCUT2D eigenvalue weighted by Crippen LogP contribution is -2.20. The number of rotatable bonds is 5. The molecule has 130 valence electrons. The van der Waals surface area contributed by atoms with Crippen molar-refractivity contribution in [3.8, 4) is 11.5 Å². The molecule has 0 aliphatic heterocycles. The molecule has 25 heavy (non-hydrogen) atoms. The Kier molecular flexibility index (Phi) is 4.90. The molecule has 3 aromatic rings. The molecule has 1 aromatic heterocycles. The normalized spacial score (nSPS) is 10.7. The van der Waals surface area contributed by atoms with Gasteiger partial charge in [-0.1, -0.05) is 23.5 Å². The molecule has 0 aliphatic rings. The monoisotopic (exact) mass is 356 g/mol. The SMILES string of the molecule is COc1ccc2nc(NC(=O)COc3c(C)ccc(C)c3C)sc2c1. The molecule has 3 rings (SSSR count). The van der Waals surface area contributed by atoms with Gasteiger partial charge in [-0.15, -0.1) is 0 Å². The average Bonchev–Trinajstić information content (AvgIpc) is 2.99. The Balaban J connectivity index is 1.68. The van der Waals surface area contributed by atoms with Crippen LogP contribution in [0, 0.1) is 20.8 Å². The van der Waals surface area contributed by atoms with Crippen molar-refractivity contribution in [1.29, 1.82) is 0 Å². The van der Waals surface area contributed by atoms with E-state index in [2.05, 4.69) is 10.3 Å². The number of hydrogen-bond acceptors (Lipinski definition) is 5. The number of methoxy groups -OCH3 is 1.